The standard InChI is InChI=1S/C16H17N/c1-12(2)16(13-8-4-3-5-9-13)14-10-6-7-11-15(14)17-16/h3-12,17H,1-2H3. The highest BCUT2D eigenvalue weighted by Gasteiger charge is 2.45. The third-order valence-electron chi connectivity index (χ3n) is 3.78. The van der Waals surface area contributed by atoms with Crippen molar-refractivity contribution in [2.45, 2.75) is 19.4 Å². The molecule has 1 aliphatic rings. The number of para-hydroxylation sites is 1. The van der Waals surface area contributed by atoms with Gasteiger partial charge in [-0.05, 0) is 17.5 Å². The summed E-state index contributed by atoms with van der Waals surface area (Å²) in [7, 11) is 0. The molecule has 17 heavy (non-hydrogen) atoms. The molecule has 1 nitrogen and oxygen atoms in total. The van der Waals surface area contributed by atoms with Crippen molar-refractivity contribution >= 4 is 5.69 Å². The third kappa shape index (κ3) is 1.32. The summed E-state index contributed by atoms with van der Waals surface area (Å²) in [6.07, 6.45) is 0. The summed E-state index contributed by atoms with van der Waals surface area (Å²) >= 11 is 0. The molecule has 2 aromatic rings. The van der Waals surface area contributed by atoms with Gasteiger partial charge in [-0.15, -0.1) is 0 Å². The van der Waals surface area contributed by atoms with E-state index in [9.17, 15) is 0 Å². The number of rotatable bonds is 2. The molecule has 0 fully saturated rings. The molecule has 0 saturated heterocycles. The van der Waals surface area contributed by atoms with Crippen LogP contribution in [-0.4, -0.2) is 0 Å². The first-order valence-electron chi connectivity index (χ1n) is 6.18. The Labute approximate surface area is 102 Å². The van der Waals surface area contributed by atoms with E-state index in [1.54, 1.807) is 0 Å². The summed E-state index contributed by atoms with van der Waals surface area (Å²) in [6.45, 7) is 4.55. The predicted octanol–water partition coefficient (Wildman–Crippen LogP) is 4.01. The smallest absolute Gasteiger partial charge is 0.0922 e. The van der Waals surface area contributed by atoms with Gasteiger partial charge in [-0.2, -0.15) is 0 Å². The molecular weight excluding hydrogens is 206 g/mol. The quantitative estimate of drug-likeness (QED) is 0.811. The molecule has 0 aromatic heterocycles. The molecule has 1 heterocycles. The topological polar surface area (TPSA) is 12.0 Å². The molecule has 0 saturated carbocycles. The Morgan fingerprint density at radius 1 is 0.882 bits per heavy atom. The van der Waals surface area contributed by atoms with Crippen molar-refractivity contribution in [3.05, 3.63) is 65.7 Å². The average Bonchev–Trinajstić information content (AvgIpc) is 2.32. The Hall–Kier alpha value is -1.76. The van der Waals surface area contributed by atoms with Gasteiger partial charge in [0.2, 0.25) is 0 Å². The largest absolute Gasteiger partial charge is 0.371 e. The average molecular weight is 223 g/mol. The Morgan fingerprint density at radius 3 is 2.18 bits per heavy atom. The van der Waals surface area contributed by atoms with E-state index < -0.39 is 0 Å². The van der Waals surface area contributed by atoms with E-state index in [4.69, 9.17) is 0 Å². The number of anilines is 1. The fourth-order valence-corrected chi connectivity index (χ4v) is 2.87. The van der Waals surface area contributed by atoms with Crippen molar-refractivity contribution in [3.63, 3.8) is 0 Å². The van der Waals surface area contributed by atoms with Crippen molar-refractivity contribution < 1.29 is 0 Å². The van der Waals surface area contributed by atoms with Crippen LogP contribution in [0.3, 0.4) is 0 Å². The number of benzene rings is 2. The molecular formula is C16H17N. The van der Waals surface area contributed by atoms with Crippen molar-refractivity contribution in [1.29, 1.82) is 0 Å². The van der Waals surface area contributed by atoms with Crippen LogP contribution in [-0.2, 0) is 5.54 Å². The van der Waals surface area contributed by atoms with Gasteiger partial charge in [-0.1, -0.05) is 62.4 Å². The van der Waals surface area contributed by atoms with E-state index in [0.29, 0.717) is 5.92 Å². The fourth-order valence-electron chi connectivity index (χ4n) is 2.87. The van der Waals surface area contributed by atoms with Crippen LogP contribution in [0.4, 0.5) is 5.69 Å². The van der Waals surface area contributed by atoms with Gasteiger partial charge in [0, 0.05) is 11.3 Å². The highest BCUT2D eigenvalue weighted by Crippen LogP contribution is 2.50. The van der Waals surface area contributed by atoms with E-state index in [2.05, 4.69) is 73.8 Å². The molecule has 1 heteroatoms. The zero-order chi connectivity index (χ0) is 11.9. The summed E-state index contributed by atoms with van der Waals surface area (Å²) in [5.41, 5.74) is 4.04. The fraction of sp³-hybridized carbons (Fsp3) is 0.250. The lowest BCUT2D eigenvalue weighted by atomic mass is 9.69. The number of hydrogen-bond donors (Lipinski definition) is 1. The van der Waals surface area contributed by atoms with Gasteiger partial charge in [-0.25, -0.2) is 0 Å². The Kier molecular flexibility index (Phi) is 2.22. The second-order valence-corrected chi connectivity index (χ2v) is 5.00. The zero-order valence-electron chi connectivity index (χ0n) is 10.3. The molecule has 0 bridgehead atoms. The zero-order valence-corrected chi connectivity index (χ0v) is 10.3. The van der Waals surface area contributed by atoms with Gasteiger partial charge in [0.1, 0.15) is 0 Å². The van der Waals surface area contributed by atoms with E-state index >= 15 is 0 Å². The van der Waals surface area contributed by atoms with Crippen LogP contribution < -0.4 is 5.32 Å². The van der Waals surface area contributed by atoms with Gasteiger partial charge in [0.25, 0.3) is 0 Å². The van der Waals surface area contributed by atoms with Crippen LogP contribution in [0.1, 0.15) is 25.0 Å². The molecule has 0 aliphatic carbocycles. The highest BCUT2D eigenvalue weighted by molar-refractivity contribution is 5.71. The first-order chi connectivity index (χ1) is 8.25. The minimum Gasteiger partial charge on any atom is -0.371 e. The number of fused-ring (bicyclic) bond motifs is 1. The monoisotopic (exact) mass is 223 g/mol. The van der Waals surface area contributed by atoms with Gasteiger partial charge in [0.05, 0.1) is 5.54 Å². The van der Waals surface area contributed by atoms with Crippen LogP contribution in [0.5, 0.6) is 0 Å². The maximum absolute atomic E-state index is 3.65. The van der Waals surface area contributed by atoms with Crippen molar-refractivity contribution in [2.75, 3.05) is 5.32 Å². The van der Waals surface area contributed by atoms with Crippen LogP contribution >= 0.6 is 0 Å². The maximum Gasteiger partial charge on any atom is 0.0922 e. The van der Waals surface area contributed by atoms with E-state index in [0.717, 1.165) is 0 Å². The van der Waals surface area contributed by atoms with E-state index in [1.807, 2.05) is 0 Å². The first-order valence-corrected chi connectivity index (χ1v) is 6.18. The SMILES string of the molecule is CC(C)C1(c2ccccc2)Nc2ccccc21. The summed E-state index contributed by atoms with van der Waals surface area (Å²) in [5.74, 6) is 0.528. The number of hydrogen-bond acceptors (Lipinski definition) is 1. The first kappa shape index (κ1) is 10.4. The molecule has 2 aromatic carbocycles. The second kappa shape index (κ2) is 3.63. The maximum atomic E-state index is 3.65. The lowest BCUT2D eigenvalue weighted by molar-refractivity contribution is 0.392. The molecule has 86 valence electrons. The lowest BCUT2D eigenvalue weighted by Crippen LogP contribution is -2.49. The third-order valence-corrected chi connectivity index (χ3v) is 3.78. The molecule has 0 radical (unpaired) electrons. The number of nitrogens with one attached hydrogen (secondary N) is 1. The molecule has 0 amide bonds. The molecule has 1 N–H and O–H groups in total. The van der Waals surface area contributed by atoms with E-state index in [1.165, 1.54) is 16.8 Å². The van der Waals surface area contributed by atoms with Gasteiger partial charge < -0.3 is 5.32 Å². The molecule has 1 unspecified atom stereocenters. The Balaban J connectivity index is 2.16. The second-order valence-electron chi connectivity index (χ2n) is 5.00. The Morgan fingerprint density at radius 2 is 1.53 bits per heavy atom. The van der Waals surface area contributed by atoms with Crippen molar-refractivity contribution in [3.8, 4) is 0 Å². The minimum absolute atomic E-state index is 0.00213. The van der Waals surface area contributed by atoms with Crippen LogP contribution in [0.15, 0.2) is 54.6 Å². The van der Waals surface area contributed by atoms with Gasteiger partial charge in [0.15, 0.2) is 0 Å². The summed E-state index contributed by atoms with van der Waals surface area (Å²) < 4.78 is 0. The molecule has 1 aliphatic heterocycles. The normalized spacial score (nSPS) is 21.6. The van der Waals surface area contributed by atoms with Crippen molar-refractivity contribution in [1.82, 2.24) is 0 Å². The summed E-state index contributed by atoms with van der Waals surface area (Å²) in [4.78, 5) is 0. The van der Waals surface area contributed by atoms with Crippen LogP contribution in [0.2, 0.25) is 0 Å². The highest BCUT2D eigenvalue weighted by atomic mass is 15.1. The lowest BCUT2D eigenvalue weighted by Gasteiger charge is -2.49. The Bertz CT molecular complexity index is 530. The van der Waals surface area contributed by atoms with Crippen LogP contribution in [0.25, 0.3) is 0 Å². The molecule has 3 rings (SSSR count). The summed E-state index contributed by atoms with van der Waals surface area (Å²) in [6, 6.07) is 19.3. The van der Waals surface area contributed by atoms with E-state index in [-0.39, 0.29) is 5.54 Å². The van der Waals surface area contributed by atoms with Gasteiger partial charge in [-0.3, -0.25) is 0 Å². The van der Waals surface area contributed by atoms with Crippen LogP contribution in [0, 0.1) is 5.92 Å². The molecule has 0 spiro atoms. The van der Waals surface area contributed by atoms with Gasteiger partial charge >= 0.3 is 0 Å². The minimum atomic E-state index is -0.00213. The molecule has 1 atom stereocenters. The van der Waals surface area contributed by atoms with Crippen molar-refractivity contribution in [2.24, 2.45) is 5.92 Å². The predicted molar refractivity (Wildman–Crippen MR) is 72.1 cm³/mol. The summed E-state index contributed by atoms with van der Waals surface area (Å²) in [5, 5.41) is 3.65.